The van der Waals surface area contributed by atoms with E-state index < -0.39 is 17.7 Å². The number of ether oxygens (including phenoxy) is 1. The summed E-state index contributed by atoms with van der Waals surface area (Å²) in [6, 6.07) is 11.0. The van der Waals surface area contributed by atoms with E-state index in [-0.39, 0.29) is 22.8 Å². The smallest absolute Gasteiger partial charge is 0.346 e. The normalized spacial score (nSPS) is 15.6. The van der Waals surface area contributed by atoms with Crippen LogP contribution in [0.4, 0.5) is 10.1 Å². The van der Waals surface area contributed by atoms with Crippen LogP contribution in [0.5, 0.6) is 5.75 Å². The van der Waals surface area contributed by atoms with Gasteiger partial charge in [-0.15, -0.1) is 11.3 Å². The molecule has 2 aromatic carbocycles. The molecule has 1 aliphatic heterocycles. The molecule has 8 heteroatoms. The van der Waals surface area contributed by atoms with Gasteiger partial charge in [-0.1, -0.05) is 23.7 Å². The molecule has 0 spiro atoms. The number of thiophene rings is 1. The van der Waals surface area contributed by atoms with Gasteiger partial charge < -0.3 is 15.2 Å². The van der Waals surface area contributed by atoms with Gasteiger partial charge in [0.1, 0.15) is 16.4 Å². The number of nitrogens with one attached hydrogen (secondary N) is 1. The monoisotopic (exact) mass is 431 g/mol. The van der Waals surface area contributed by atoms with Crippen LogP contribution >= 0.6 is 22.9 Å². The van der Waals surface area contributed by atoms with Crippen molar-refractivity contribution < 1.29 is 23.8 Å². The maximum atomic E-state index is 14.5. The zero-order valence-electron chi connectivity index (χ0n) is 15.2. The highest BCUT2D eigenvalue weighted by atomic mass is 35.5. The van der Waals surface area contributed by atoms with Gasteiger partial charge in [0.25, 0.3) is 0 Å². The van der Waals surface area contributed by atoms with Crippen LogP contribution in [0.2, 0.25) is 5.02 Å². The summed E-state index contributed by atoms with van der Waals surface area (Å²) in [7, 11) is 1.54. The maximum Gasteiger partial charge on any atom is 0.346 e. The van der Waals surface area contributed by atoms with Gasteiger partial charge in [-0.2, -0.15) is 0 Å². The quantitative estimate of drug-likeness (QED) is 0.580. The number of carbonyl (C=O) groups is 2. The van der Waals surface area contributed by atoms with Crippen molar-refractivity contribution in [3.63, 3.8) is 0 Å². The van der Waals surface area contributed by atoms with Gasteiger partial charge in [0.05, 0.1) is 12.8 Å². The molecule has 0 saturated heterocycles. The molecule has 1 amide bonds. The molecule has 3 aromatic rings. The summed E-state index contributed by atoms with van der Waals surface area (Å²) in [5.41, 5.74) is 1.69. The lowest BCUT2D eigenvalue weighted by Gasteiger charge is -2.24. The number of hydrogen-bond acceptors (Lipinski definition) is 4. The molecule has 5 nitrogen and oxygen atoms in total. The molecule has 0 radical (unpaired) electrons. The Morgan fingerprint density at radius 2 is 2.00 bits per heavy atom. The maximum absolute atomic E-state index is 14.5. The van der Waals surface area contributed by atoms with E-state index in [1.54, 1.807) is 24.3 Å². The molecule has 29 heavy (non-hydrogen) atoms. The van der Waals surface area contributed by atoms with Crippen molar-refractivity contribution in [1.29, 1.82) is 0 Å². The Morgan fingerprint density at radius 3 is 2.66 bits per heavy atom. The molecule has 2 heterocycles. The summed E-state index contributed by atoms with van der Waals surface area (Å²) in [5.74, 6) is -1.91. The second-order valence-electron chi connectivity index (χ2n) is 6.55. The highest BCUT2D eigenvalue weighted by Gasteiger charge is 2.35. The highest BCUT2D eigenvalue weighted by Crippen LogP contribution is 2.50. The number of carboxylic acid groups (broad SMARTS) is 1. The van der Waals surface area contributed by atoms with E-state index in [4.69, 9.17) is 16.3 Å². The average molecular weight is 432 g/mol. The van der Waals surface area contributed by atoms with Crippen molar-refractivity contribution in [2.24, 2.45) is 0 Å². The lowest BCUT2D eigenvalue weighted by molar-refractivity contribution is -0.116. The molecule has 1 atom stereocenters. The minimum atomic E-state index is -1.12. The number of carboxylic acids is 1. The molecule has 0 fully saturated rings. The zero-order chi connectivity index (χ0) is 20.7. The molecule has 0 aliphatic carbocycles. The van der Waals surface area contributed by atoms with Crippen molar-refractivity contribution in [2.45, 2.75) is 12.3 Å². The average Bonchev–Trinajstić information content (AvgIpc) is 3.09. The molecular weight excluding hydrogens is 417 g/mol. The Balaban J connectivity index is 1.93. The number of methoxy groups -OCH3 is 1. The van der Waals surface area contributed by atoms with Crippen LogP contribution in [0.15, 0.2) is 42.5 Å². The van der Waals surface area contributed by atoms with E-state index >= 15 is 0 Å². The lowest BCUT2D eigenvalue weighted by atomic mass is 9.88. The minimum absolute atomic E-state index is 0.00584. The van der Waals surface area contributed by atoms with Crippen LogP contribution in [0.3, 0.4) is 0 Å². The molecule has 0 unspecified atom stereocenters. The number of amides is 1. The predicted molar refractivity (Wildman–Crippen MR) is 110 cm³/mol. The third kappa shape index (κ3) is 3.47. The number of rotatable bonds is 4. The van der Waals surface area contributed by atoms with Crippen molar-refractivity contribution >= 4 is 40.5 Å². The van der Waals surface area contributed by atoms with E-state index in [1.165, 1.54) is 25.3 Å². The lowest BCUT2D eigenvalue weighted by Crippen LogP contribution is -2.23. The number of fused-ring (bicyclic) bond motifs is 1. The van der Waals surface area contributed by atoms with E-state index in [9.17, 15) is 19.1 Å². The van der Waals surface area contributed by atoms with Crippen LogP contribution in [-0.2, 0) is 4.79 Å². The van der Waals surface area contributed by atoms with Crippen LogP contribution < -0.4 is 10.1 Å². The van der Waals surface area contributed by atoms with Gasteiger partial charge in [0, 0.05) is 27.8 Å². The first-order chi connectivity index (χ1) is 13.9. The summed E-state index contributed by atoms with van der Waals surface area (Å²) < 4.78 is 19.7. The van der Waals surface area contributed by atoms with Crippen LogP contribution in [-0.4, -0.2) is 24.1 Å². The first-order valence-electron chi connectivity index (χ1n) is 8.68. The van der Waals surface area contributed by atoms with Gasteiger partial charge in [0.15, 0.2) is 0 Å². The molecule has 0 bridgehead atoms. The fourth-order valence-electron chi connectivity index (χ4n) is 3.50. The Labute approximate surface area is 174 Å². The summed E-state index contributed by atoms with van der Waals surface area (Å²) >= 11 is 7.08. The highest BCUT2D eigenvalue weighted by molar-refractivity contribution is 7.15. The fraction of sp³-hybridized carbons (Fsp3) is 0.143. The first kappa shape index (κ1) is 19.4. The Morgan fingerprint density at radius 1 is 1.28 bits per heavy atom. The third-order valence-corrected chi connectivity index (χ3v) is 6.34. The molecule has 0 saturated carbocycles. The summed E-state index contributed by atoms with van der Waals surface area (Å²) in [4.78, 5) is 25.1. The number of aromatic carboxylic acids is 1. The van der Waals surface area contributed by atoms with Gasteiger partial charge >= 0.3 is 5.97 Å². The topological polar surface area (TPSA) is 75.6 Å². The number of benzene rings is 2. The molecule has 1 aliphatic rings. The largest absolute Gasteiger partial charge is 0.497 e. The van der Waals surface area contributed by atoms with Gasteiger partial charge in [-0.05, 0) is 41.5 Å². The van der Waals surface area contributed by atoms with Gasteiger partial charge in [-0.25, -0.2) is 9.18 Å². The summed E-state index contributed by atoms with van der Waals surface area (Å²) in [6.07, 6.45) is 0.00584. The molecule has 148 valence electrons. The zero-order valence-corrected chi connectivity index (χ0v) is 16.7. The second-order valence-corrected chi connectivity index (χ2v) is 8.04. The number of anilines is 1. The molecule has 1 aromatic heterocycles. The molecule has 4 rings (SSSR count). The van der Waals surface area contributed by atoms with Crippen LogP contribution in [0.25, 0.3) is 11.1 Å². The van der Waals surface area contributed by atoms with Gasteiger partial charge in [-0.3, -0.25) is 4.79 Å². The summed E-state index contributed by atoms with van der Waals surface area (Å²) in [6.45, 7) is 0. The van der Waals surface area contributed by atoms with E-state index in [2.05, 4.69) is 5.32 Å². The minimum Gasteiger partial charge on any atom is -0.497 e. The second kappa shape index (κ2) is 7.50. The first-order valence-corrected chi connectivity index (χ1v) is 9.87. The standard InChI is InChI=1S/C21H15ClFNO4S/c1-28-12-5-2-10(3-6-12)17-18-19(29-20(17)21(26)27)14(9-16(25)24-18)13-8-11(22)4-7-15(13)23/h2-8,14H,9H2,1H3,(H,24,25)(H,26,27)/t14-/m0/s1. The third-order valence-electron chi connectivity index (χ3n) is 4.81. The number of halogens is 2. The summed E-state index contributed by atoms with van der Waals surface area (Å²) in [5, 5.41) is 12.9. The fourth-order valence-corrected chi connectivity index (χ4v) is 4.92. The molecular formula is C21H15ClFNO4S. The van der Waals surface area contributed by atoms with Crippen molar-refractivity contribution in [3.8, 4) is 16.9 Å². The van der Waals surface area contributed by atoms with Gasteiger partial charge in [0.2, 0.25) is 5.91 Å². The van der Waals surface area contributed by atoms with Crippen molar-refractivity contribution in [3.05, 3.63) is 68.6 Å². The van der Waals surface area contributed by atoms with E-state index in [0.717, 1.165) is 11.3 Å². The molecule has 2 N–H and O–H groups in total. The predicted octanol–water partition coefficient (Wildman–Crippen LogP) is 5.39. The Bertz CT molecular complexity index is 1130. The Kier molecular flexibility index (Phi) is 5.02. The van der Waals surface area contributed by atoms with Crippen molar-refractivity contribution in [2.75, 3.05) is 12.4 Å². The Hall–Kier alpha value is -2.90. The van der Waals surface area contributed by atoms with E-state index in [1.807, 2.05) is 0 Å². The van der Waals surface area contributed by atoms with Crippen LogP contribution in [0, 0.1) is 5.82 Å². The SMILES string of the molecule is COc1ccc(-c2c(C(=O)O)sc3c2NC(=O)C[C@H]3c2cc(Cl)ccc2F)cc1. The van der Waals surface area contributed by atoms with E-state index in [0.29, 0.717) is 32.5 Å². The van der Waals surface area contributed by atoms with Crippen molar-refractivity contribution in [1.82, 2.24) is 0 Å². The van der Waals surface area contributed by atoms with Crippen LogP contribution in [0.1, 0.15) is 32.5 Å². The number of hydrogen-bond donors (Lipinski definition) is 2. The number of carbonyl (C=O) groups excluding carboxylic acids is 1.